The number of nitrogens with zero attached hydrogens (tertiary/aromatic N) is 4. The number of nitrogens with one attached hydrogen (secondary N) is 2. The Morgan fingerprint density at radius 2 is 1.05 bits per heavy atom. The number of hydrogen-bond acceptors (Lipinski definition) is 10. The van der Waals surface area contributed by atoms with Gasteiger partial charge in [-0.1, -0.05) is 12.1 Å². The highest BCUT2D eigenvalue weighted by molar-refractivity contribution is 6.12. The van der Waals surface area contributed by atoms with Crippen LogP contribution < -0.4 is 30.1 Å². The maximum Gasteiger partial charge on any atom is 0.328 e. The summed E-state index contributed by atoms with van der Waals surface area (Å²) in [5.74, 6) is -1.54. The van der Waals surface area contributed by atoms with Gasteiger partial charge >= 0.3 is 11.9 Å². The maximum absolute atomic E-state index is 13.8. The molecule has 0 aromatic heterocycles. The molecule has 4 aliphatic rings. The van der Waals surface area contributed by atoms with Crippen LogP contribution in [0.15, 0.2) is 107 Å². The van der Waals surface area contributed by atoms with Gasteiger partial charge in [-0.3, -0.25) is 9.59 Å². The predicted octanol–water partition coefficient (Wildman–Crippen LogP) is 6.74. The Kier molecular flexibility index (Phi) is 15.7. The number of ether oxygens (including phenoxy) is 2. The van der Waals surface area contributed by atoms with E-state index in [0.29, 0.717) is 49.6 Å². The van der Waals surface area contributed by atoms with E-state index in [2.05, 4.69) is 20.8 Å². The molecule has 16 heteroatoms. The van der Waals surface area contributed by atoms with Crippen LogP contribution in [0.2, 0.25) is 0 Å². The first-order valence-corrected chi connectivity index (χ1v) is 21.1. The molecular weight excluding hydrogens is 827 g/mol. The molecule has 0 saturated heterocycles. The molecule has 336 valence electrons. The van der Waals surface area contributed by atoms with Gasteiger partial charge < -0.3 is 30.3 Å². The van der Waals surface area contributed by atoms with Crippen molar-refractivity contribution in [1.82, 2.24) is 10.6 Å². The van der Waals surface area contributed by atoms with E-state index in [1.165, 1.54) is 34.3 Å². The Hall–Kier alpha value is -6.78. The van der Waals surface area contributed by atoms with Crippen molar-refractivity contribution in [1.29, 1.82) is 0 Å². The number of anilines is 2. The molecule has 2 aliphatic heterocycles. The summed E-state index contributed by atoms with van der Waals surface area (Å²) in [5, 5.41) is 34.0. The number of hydrogen-bond donors (Lipinski definition) is 4. The molecule has 0 radical (unpaired) electrons. The smallest absolute Gasteiger partial charge is 0.328 e. The second-order valence-corrected chi connectivity index (χ2v) is 15.9. The second kappa shape index (κ2) is 21.5. The molecule has 2 amide bonds. The van der Waals surface area contributed by atoms with Crippen LogP contribution in [0.25, 0.3) is 0 Å². The van der Waals surface area contributed by atoms with E-state index in [-0.39, 0.29) is 47.4 Å². The Morgan fingerprint density at radius 3 is 1.39 bits per heavy atom. The van der Waals surface area contributed by atoms with Crippen molar-refractivity contribution in [3.63, 3.8) is 0 Å². The van der Waals surface area contributed by atoms with Crippen LogP contribution in [0.3, 0.4) is 0 Å². The monoisotopic (exact) mass is 878 g/mol. The molecule has 8 rings (SSSR count). The number of carboxylic acids is 2. The highest BCUT2D eigenvalue weighted by Gasteiger charge is 2.36. The van der Waals surface area contributed by atoms with Gasteiger partial charge in [0.15, 0.2) is 0 Å². The number of rotatable bonds is 12. The number of hydrazone groups is 2. The predicted molar refractivity (Wildman–Crippen MR) is 239 cm³/mol. The molecule has 0 bridgehead atoms. The molecule has 4 N–H and O–H groups in total. The Morgan fingerprint density at radius 1 is 0.672 bits per heavy atom. The van der Waals surface area contributed by atoms with Crippen LogP contribution >= 0.6 is 0 Å². The Labute approximate surface area is 370 Å². The van der Waals surface area contributed by atoms with Gasteiger partial charge in [-0.2, -0.15) is 10.2 Å². The largest absolute Gasteiger partial charge is 0.492 e. The molecule has 64 heavy (non-hydrogen) atoms. The molecule has 4 aromatic rings. The van der Waals surface area contributed by atoms with Gasteiger partial charge in [0, 0.05) is 60.0 Å². The maximum atomic E-state index is 13.8. The minimum atomic E-state index is -1.26. The molecule has 4 unspecified atom stereocenters. The molecule has 0 spiro atoms. The minimum absolute atomic E-state index is 0.0360. The molecule has 2 aliphatic carbocycles. The summed E-state index contributed by atoms with van der Waals surface area (Å²) < 4.78 is 39.1. The number of carbonyl (C=O) groups is 4. The zero-order valence-corrected chi connectivity index (χ0v) is 36.1. The summed E-state index contributed by atoms with van der Waals surface area (Å²) in [6.07, 6.45) is 5.35. The summed E-state index contributed by atoms with van der Waals surface area (Å²) in [5.41, 5.74) is 6.83. The lowest BCUT2D eigenvalue weighted by Crippen LogP contribution is -2.39. The number of benzene rings is 4. The van der Waals surface area contributed by atoms with Gasteiger partial charge in [-0.25, -0.2) is 28.4 Å². The summed E-state index contributed by atoms with van der Waals surface area (Å²) in [6, 6.07) is 24.9. The van der Waals surface area contributed by atoms with Crippen LogP contribution in [0.5, 0.6) is 11.5 Å². The fourth-order valence-corrected chi connectivity index (χ4v) is 7.50. The SMILES string of the molecule is CNC(C)COc1ccc(N2N=C3c4cc(F)ccc4CCC3CC2=O)cc1.CNC(C)COc1ccc(N2N=C3c4cc(F)ccc4CCC3CC2=O)cc1.O=C(O)C=CC(=O)O. The first-order chi connectivity index (χ1) is 30.7. The standard InChI is InChI=1S/2C22H24FN3O2.C4H4O4/c2*1-14(24-2)13-28-19-9-7-18(8-10-19)26-21(27)11-16-4-3-15-5-6-17(23)12-20(15)22(16)25-26;5-3(6)1-2-4(7)8/h2*5-10,12,14,16,24H,3-4,11,13H2,1-2H3;1-2H,(H,5,6)(H,7,8). The molecule has 0 fully saturated rings. The first-order valence-electron chi connectivity index (χ1n) is 21.1. The van der Waals surface area contributed by atoms with E-state index in [9.17, 15) is 28.0 Å². The summed E-state index contributed by atoms with van der Waals surface area (Å²) >= 11 is 0. The van der Waals surface area contributed by atoms with E-state index < -0.39 is 11.9 Å². The van der Waals surface area contributed by atoms with Crippen LogP contribution in [0.4, 0.5) is 20.2 Å². The van der Waals surface area contributed by atoms with Gasteiger partial charge in [-0.15, -0.1) is 0 Å². The third-order valence-electron chi connectivity index (χ3n) is 11.2. The number of amides is 2. The van der Waals surface area contributed by atoms with Gasteiger partial charge in [0.25, 0.3) is 0 Å². The summed E-state index contributed by atoms with van der Waals surface area (Å²) in [7, 11) is 3.78. The highest BCUT2D eigenvalue weighted by atomic mass is 19.1. The normalized spacial score (nSPS) is 18.3. The van der Waals surface area contributed by atoms with Crippen molar-refractivity contribution in [2.45, 2.75) is 64.5 Å². The average Bonchev–Trinajstić information content (AvgIpc) is 3.29. The number of halogens is 2. The summed E-state index contributed by atoms with van der Waals surface area (Å²) in [4.78, 5) is 44.5. The quantitative estimate of drug-likeness (QED) is 0.111. The van der Waals surface area contributed by atoms with Gasteiger partial charge in [0.1, 0.15) is 36.3 Å². The number of likely N-dealkylation sites (N-methyl/N-ethyl adjacent to an activating group) is 2. The number of aliphatic carboxylic acids is 2. The Bertz CT molecular complexity index is 2260. The van der Waals surface area contributed by atoms with Crippen LogP contribution in [0.1, 0.15) is 61.8 Å². The van der Waals surface area contributed by atoms with Crippen molar-refractivity contribution < 1.29 is 47.6 Å². The first kappa shape index (κ1) is 46.7. The van der Waals surface area contributed by atoms with Crippen molar-refractivity contribution in [3.8, 4) is 11.5 Å². The zero-order chi connectivity index (χ0) is 45.9. The van der Waals surface area contributed by atoms with Gasteiger partial charge in [0.2, 0.25) is 11.8 Å². The van der Waals surface area contributed by atoms with Crippen LogP contribution in [-0.4, -0.2) is 84.8 Å². The number of carbonyl (C=O) groups excluding carboxylic acids is 2. The van der Waals surface area contributed by atoms with E-state index in [1.807, 2.05) is 88.6 Å². The molecule has 2 heterocycles. The Balaban J connectivity index is 0.000000182. The fraction of sp³-hybridized carbons (Fsp3) is 0.333. The third-order valence-corrected chi connectivity index (χ3v) is 11.2. The lowest BCUT2D eigenvalue weighted by atomic mass is 9.79. The molecule has 14 nitrogen and oxygen atoms in total. The topological polar surface area (TPSA) is 182 Å². The number of carboxylic acid groups (broad SMARTS) is 2. The molecule has 0 saturated carbocycles. The van der Waals surface area contributed by atoms with E-state index in [4.69, 9.17) is 19.7 Å². The second-order valence-electron chi connectivity index (χ2n) is 15.9. The molecular formula is C48H52F2N6O8. The van der Waals surface area contributed by atoms with Gasteiger partial charge in [0.05, 0.1) is 22.8 Å². The van der Waals surface area contributed by atoms with Crippen LogP contribution in [-0.2, 0) is 32.0 Å². The van der Waals surface area contributed by atoms with Crippen molar-refractivity contribution in [3.05, 3.63) is 131 Å². The van der Waals surface area contributed by atoms with Crippen molar-refractivity contribution >= 4 is 46.6 Å². The van der Waals surface area contributed by atoms with Crippen LogP contribution in [0, 0.1) is 23.5 Å². The fourth-order valence-electron chi connectivity index (χ4n) is 7.50. The molecule has 4 atom stereocenters. The molecule has 4 aromatic carbocycles. The van der Waals surface area contributed by atoms with Crippen molar-refractivity contribution in [2.24, 2.45) is 22.0 Å². The zero-order valence-electron chi connectivity index (χ0n) is 36.1. The highest BCUT2D eigenvalue weighted by Crippen LogP contribution is 2.36. The van der Waals surface area contributed by atoms with E-state index in [0.717, 1.165) is 70.9 Å². The lowest BCUT2D eigenvalue weighted by molar-refractivity contribution is -0.134. The van der Waals surface area contributed by atoms with Crippen molar-refractivity contribution in [2.75, 3.05) is 37.3 Å². The van der Waals surface area contributed by atoms with Gasteiger partial charge in [-0.05, 0) is 138 Å². The van der Waals surface area contributed by atoms with E-state index in [1.54, 1.807) is 0 Å². The van der Waals surface area contributed by atoms with E-state index >= 15 is 0 Å². The number of aryl methyl sites for hydroxylation is 2. The summed E-state index contributed by atoms with van der Waals surface area (Å²) in [6.45, 7) is 5.20. The minimum Gasteiger partial charge on any atom is -0.492 e. The average molecular weight is 879 g/mol. The third kappa shape index (κ3) is 12.0. The lowest BCUT2D eigenvalue weighted by Gasteiger charge is -2.33. The number of fused-ring (bicyclic) bond motifs is 6.